The number of urea groups is 1. The summed E-state index contributed by atoms with van der Waals surface area (Å²) in [5.41, 5.74) is 1.99. The van der Waals surface area contributed by atoms with Gasteiger partial charge in [0.1, 0.15) is 0 Å². The van der Waals surface area contributed by atoms with Gasteiger partial charge in [-0.05, 0) is 18.9 Å². The van der Waals surface area contributed by atoms with Gasteiger partial charge in [0.05, 0.1) is 17.8 Å². The number of hydrogen-bond donors (Lipinski definition) is 1. The Kier molecular flexibility index (Phi) is 4.10. The zero-order valence-electron chi connectivity index (χ0n) is 12.3. The number of benzene rings is 1. The molecule has 0 saturated carbocycles. The molecule has 1 N–H and O–H groups in total. The molecule has 1 aliphatic rings. The van der Waals surface area contributed by atoms with Crippen molar-refractivity contribution in [3.63, 3.8) is 0 Å². The first kappa shape index (κ1) is 13.9. The number of methoxy groups -OCH3 is 1. The number of hydrogen-bond acceptors (Lipinski definition) is 2. The maximum atomic E-state index is 12.3. The minimum Gasteiger partial charge on any atom is -0.383 e. The minimum absolute atomic E-state index is 0.00199. The van der Waals surface area contributed by atoms with E-state index in [1.165, 1.54) is 0 Å². The van der Waals surface area contributed by atoms with Crippen LogP contribution in [0.25, 0.3) is 10.9 Å². The predicted molar refractivity (Wildman–Crippen MR) is 83.6 cm³/mol. The molecule has 0 unspecified atom stereocenters. The number of anilines is 1. The van der Waals surface area contributed by atoms with E-state index in [1.54, 1.807) is 7.11 Å². The average Bonchev–Trinajstić information content (AvgIpc) is 3.14. The van der Waals surface area contributed by atoms with Gasteiger partial charge in [0.2, 0.25) is 0 Å². The van der Waals surface area contributed by atoms with Crippen LogP contribution in [0.1, 0.15) is 12.8 Å². The van der Waals surface area contributed by atoms with Gasteiger partial charge in [-0.3, -0.25) is 0 Å². The molecule has 0 spiro atoms. The van der Waals surface area contributed by atoms with Crippen LogP contribution in [0.15, 0.2) is 30.5 Å². The van der Waals surface area contributed by atoms with Crippen molar-refractivity contribution < 1.29 is 9.53 Å². The van der Waals surface area contributed by atoms with Crippen LogP contribution in [0.2, 0.25) is 0 Å². The first-order chi connectivity index (χ1) is 10.3. The van der Waals surface area contributed by atoms with Crippen LogP contribution in [-0.2, 0) is 11.3 Å². The molecular weight excluding hydrogens is 266 g/mol. The van der Waals surface area contributed by atoms with Crippen molar-refractivity contribution >= 4 is 22.6 Å². The van der Waals surface area contributed by atoms with E-state index in [9.17, 15) is 4.79 Å². The Balaban J connectivity index is 1.85. The van der Waals surface area contributed by atoms with Gasteiger partial charge in [-0.25, -0.2) is 4.79 Å². The van der Waals surface area contributed by atoms with Gasteiger partial charge in [-0.2, -0.15) is 0 Å². The first-order valence-corrected chi connectivity index (χ1v) is 7.42. The molecule has 5 nitrogen and oxygen atoms in total. The summed E-state index contributed by atoms with van der Waals surface area (Å²) in [6.07, 6.45) is 4.20. The first-order valence-electron chi connectivity index (χ1n) is 7.42. The summed E-state index contributed by atoms with van der Waals surface area (Å²) >= 11 is 0. The van der Waals surface area contributed by atoms with Crippen molar-refractivity contribution in [3.8, 4) is 0 Å². The summed E-state index contributed by atoms with van der Waals surface area (Å²) < 4.78 is 7.27. The Hall–Kier alpha value is -2.01. The van der Waals surface area contributed by atoms with E-state index in [0.29, 0.717) is 6.61 Å². The van der Waals surface area contributed by atoms with Crippen LogP contribution in [0, 0.1) is 0 Å². The molecule has 5 heteroatoms. The second-order valence-corrected chi connectivity index (χ2v) is 5.37. The molecule has 1 aliphatic heterocycles. The van der Waals surface area contributed by atoms with Crippen LogP contribution in [0.5, 0.6) is 0 Å². The van der Waals surface area contributed by atoms with Crippen molar-refractivity contribution in [2.75, 3.05) is 32.1 Å². The van der Waals surface area contributed by atoms with Crippen LogP contribution < -0.4 is 5.32 Å². The van der Waals surface area contributed by atoms with Crippen LogP contribution in [-0.4, -0.2) is 42.3 Å². The van der Waals surface area contributed by atoms with Gasteiger partial charge in [-0.1, -0.05) is 18.2 Å². The third-order valence-corrected chi connectivity index (χ3v) is 3.96. The zero-order valence-corrected chi connectivity index (χ0v) is 12.3. The second-order valence-electron chi connectivity index (χ2n) is 5.37. The molecule has 2 aromatic rings. The molecule has 1 saturated heterocycles. The lowest BCUT2D eigenvalue weighted by molar-refractivity contribution is 0.188. The van der Waals surface area contributed by atoms with Crippen molar-refractivity contribution in [2.24, 2.45) is 0 Å². The number of likely N-dealkylation sites (tertiary alicyclic amines) is 1. The highest BCUT2D eigenvalue weighted by Crippen LogP contribution is 2.26. The number of para-hydroxylation sites is 1. The predicted octanol–water partition coefficient (Wildman–Crippen LogP) is 2.92. The number of amides is 2. The fourth-order valence-corrected chi connectivity index (χ4v) is 2.84. The summed E-state index contributed by atoms with van der Waals surface area (Å²) in [5.74, 6) is 0. The van der Waals surface area contributed by atoms with Crippen LogP contribution in [0.3, 0.4) is 0 Å². The number of nitrogens with zero attached hydrogens (tertiary/aromatic N) is 2. The summed E-state index contributed by atoms with van der Waals surface area (Å²) in [7, 11) is 1.70. The van der Waals surface area contributed by atoms with E-state index in [-0.39, 0.29) is 6.03 Å². The Bertz CT molecular complexity index is 629. The molecule has 2 heterocycles. The van der Waals surface area contributed by atoms with Crippen molar-refractivity contribution in [2.45, 2.75) is 19.4 Å². The topological polar surface area (TPSA) is 46.5 Å². The maximum absolute atomic E-state index is 12.3. The van der Waals surface area contributed by atoms with Gasteiger partial charge in [0.25, 0.3) is 0 Å². The number of rotatable bonds is 4. The quantitative estimate of drug-likeness (QED) is 0.940. The van der Waals surface area contributed by atoms with Gasteiger partial charge in [0.15, 0.2) is 0 Å². The SMILES string of the molecule is COCCn1cc(NC(=O)N2CCCC2)c2ccccc21. The fourth-order valence-electron chi connectivity index (χ4n) is 2.84. The second kappa shape index (κ2) is 6.18. The largest absolute Gasteiger partial charge is 0.383 e. The number of aromatic nitrogens is 1. The number of carbonyl (C=O) groups is 1. The van der Waals surface area contributed by atoms with Crippen molar-refractivity contribution in [3.05, 3.63) is 30.5 Å². The summed E-state index contributed by atoms with van der Waals surface area (Å²) in [6, 6.07) is 8.11. The monoisotopic (exact) mass is 287 g/mol. The number of carbonyl (C=O) groups excluding carboxylic acids is 1. The third-order valence-electron chi connectivity index (χ3n) is 3.96. The molecule has 0 radical (unpaired) electrons. The standard InChI is InChI=1S/C16H21N3O2/c1-21-11-10-19-12-14(13-6-2-3-7-15(13)19)17-16(20)18-8-4-5-9-18/h2-3,6-7,12H,4-5,8-11H2,1H3,(H,17,20). The summed E-state index contributed by atoms with van der Waals surface area (Å²) in [5, 5.41) is 4.12. The molecule has 1 fully saturated rings. The molecule has 21 heavy (non-hydrogen) atoms. The summed E-state index contributed by atoms with van der Waals surface area (Å²) in [6.45, 7) is 3.14. The molecule has 2 amide bonds. The number of fused-ring (bicyclic) bond motifs is 1. The van der Waals surface area contributed by atoms with E-state index in [2.05, 4.69) is 16.0 Å². The molecule has 0 atom stereocenters. The van der Waals surface area contributed by atoms with Gasteiger partial charge >= 0.3 is 6.03 Å². The lowest BCUT2D eigenvalue weighted by Gasteiger charge is -2.15. The minimum atomic E-state index is 0.00199. The Morgan fingerprint density at radius 1 is 1.29 bits per heavy atom. The molecule has 112 valence electrons. The van der Waals surface area contributed by atoms with Gasteiger partial charge in [0, 0.05) is 38.3 Å². The van der Waals surface area contributed by atoms with E-state index in [1.807, 2.05) is 29.3 Å². The van der Waals surface area contributed by atoms with Gasteiger partial charge in [-0.15, -0.1) is 0 Å². The molecule has 1 aromatic carbocycles. The fraction of sp³-hybridized carbons (Fsp3) is 0.438. The van der Waals surface area contributed by atoms with E-state index >= 15 is 0 Å². The molecule has 0 bridgehead atoms. The zero-order chi connectivity index (χ0) is 14.7. The maximum Gasteiger partial charge on any atom is 0.321 e. The van der Waals surface area contributed by atoms with Crippen LogP contribution in [0.4, 0.5) is 10.5 Å². The number of nitrogens with one attached hydrogen (secondary N) is 1. The van der Waals surface area contributed by atoms with Crippen molar-refractivity contribution in [1.29, 1.82) is 0 Å². The Morgan fingerprint density at radius 3 is 2.81 bits per heavy atom. The van der Waals surface area contributed by atoms with Crippen molar-refractivity contribution in [1.82, 2.24) is 9.47 Å². The highest BCUT2D eigenvalue weighted by Gasteiger charge is 2.19. The summed E-state index contributed by atoms with van der Waals surface area (Å²) in [4.78, 5) is 14.1. The van der Waals surface area contributed by atoms with Crippen LogP contribution >= 0.6 is 0 Å². The number of ether oxygens (including phenoxy) is 1. The molecule has 0 aliphatic carbocycles. The lowest BCUT2D eigenvalue weighted by atomic mass is 10.2. The highest BCUT2D eigenvalue weighted by atomic mass is 16.5. The third kappa shape index (κ3) is 2.88. The normalized spacial score (nSPS) is 14.8. The average molecular weight is 287 g/mol. The molecule has 1 aromatic heterocycles. The van der Waals surface area contributed by atoms with Gasteiger partial charge < -0.3 is 19.5 Å². The lowest BCUT2D eigenvalue weighted by Crippen LogP contribution is -2.32. The molecular formula is C16H21N3O2. The van der Waals surface area contributed by atoms with E-state index in [4.69, 9.17) is 4.74 Å². The smallest absolute Gasteiger partial charge is 0.321 e. The Labute approximate surface area is 124 Å². The van der Waals surface area contributed by atoms with E-state index < -0.39 is 0 Å². The molecule has 3 rings (SSSR count). The Morgan fingerprint density at radius 2 is 2.05 bits per heavy atom. The van der Waals surface area contributed by atoms with E-state index in [0.717, 1.165) is 49.1 Å². The highest BCUT2D eigenvalue weighted by molar-refractivity contribution is 6.01.